The molecule has 0 aliphatic heterocycles. The number of halogens is 3. The summed E-state index contributed by atoms with van der Waals surface area (Å²) in [7, 11) is 0. The largest absolute Gasteiger partial charge is 0.326 e. The van der Waals surface area contributed by atoms with Gasteiger partial charge in [0, 0.05) is 22.5 Å². The van der Waals surface area contributed by atoms with Gasteiger partial charge in [0.2, 0.25) is 11.8 Å². The fourth-order valence-corrected chi connectivity index (χ4v) is 1.79. The van der Waals surface area contributed by atoms with E-state index >= 15 is 0 Å². The Hall–Kier alpha value is -2.47. The van der Waals surface area contributed by atoms with Gasteiger partial charge in [-0.05, 0) is 36.4 Å². The van der Waals surface area contributed by atoms with Crippen LogP contribution in [0.4, 0.5) is 20.2 Å². The molecule has 4 nitrogen and oxygen atoms in total. The molecule has 0 saturated carbocycles. The summed E-state index contributed by atoms with van der Waals surface area (Å²) in [5.74, 6) is -3.28. The van der Waals surface area contributed by atoms with E-state index in [0.29, 0.717) is 10.7 Å². The Labute approximate surface area is 130 Å². The van der Waals surface area contributed by atoms with Gasteiger partial charge < -0.3 is 10.6 Å². The summed E-state index contributed by atoms with van der Waals surface area (Å²) < 4.78 is 25.8. The number of hydrogen-bond acceptors (Lipinski definition) is 2. The quantitative estimate of drug-likeness (QED) is 0.844. The molecular weight excluding hydrogens is 314 g/mol. The number of rotatable bonds is 4. The van der Waals surface area contributed by atoms with Crippen LogP contribution in [0, 0.1) is 11.6 Å². The number of amides is 2. The second-order valence-corrected chi connectivity index (χ2v) is 4.85. The molecule has 2 N–H and O–H groups in total. The second-order valence-electron chi connectivity index (χ2n) is 4.41. The van der Waals surface area contributed by atoms with Crippen molar-refractivity contribution in [2.45, 2.75) is 6.42 Å². The predicted octanol–water partition coefficient (Wildman–Crippen LogP) is 3.59. The average Bonchev–Trinajstić information content (AvgIpc) is 2.45. The maximum absolute atomic E-state index is 13.0. The molecule has 0 bridgehead atoms. The summed E-state index contributed by atoms with van der Waals surface area (Å²) >= 11 is 5.71. The lowest BCUT2D eigenvalue weighted by Gasteiger charge is -2.07. The van der Waals surface area contributed by atoms with E-state index in [4.69, 9.17) is 11.6 Å². The third-order valence-corrected chi connectivity index (χ3v) is 2.90. The maximum Gasteiger partial charge on any atom is 0.233 e. The first-order valence-corrected chi connectivity index (χ1v) is 6.62. The van der Waals surface area contributed by atoms with Crippen LogP contribution in [0.15, 0.2) is 42.5 Å². The van der Waals surface area contributed by atoms with E-state index in [9.17, 15) is 18.4 Å². The van der Waals surface area contributed by atoms with Crippen LogP contribution in [-0.2, 0) is 9.59 Å². The van der Waals surface area contributed by atoms with Crippen LogP contribution in [0.1, 0.15) is 6.42 Å². The summed E-state index contributed by atoms with van der Waals surface area (Å²) in [5, 5.41) is 5.34. The highest BCUT2D eigenvalue weighted by atomic mass is 35.5. The Morgan fingerprint density at radius 1 is 0.864 bits per heavy atom. The first-order chi connectivity index (χ1) is 10.4. The average molecular weight is 325 g/mol. The zero-order valence-corrected chi connectivity index (χ0v) is 12.0. The smallest absolute Gasteiger partial charge is 0.233 e. The molecule has 0 saturated heterocycles. The summed E-state index contributed by atoms with van der Waals surface area (Å²) in [6.45, 7) is 0. The molecule has 2 aromatic rings. The molecule has 0 unspecified atom stereocenters. The van der Waals surface area contributed by atoms with Gasteiger partial charge in [-0.15, -0.1) is 0 Å². The van der Waals surface area contributed by atoms with Crippen molar-refractivity contribution < 1.29 is 18.4 Å². The van der Waals surface area contributed by atoms with Crippen molar-refractivity contribution in [1.82, 2.24) is 0 Å². The zero-order valence-electron chi connectivity index (χ0n) is 11.2. The van der Waals surface area contributed by atoms with Gasteiger partial charge in [-0.2, -0.15) is 0 Å². The molecule has 2 aromatic carbocycles. The van der Waals surface area contributed by atoms with Gasteiger partial charge in [0.25, 0.3) is 0 Å². The van der Waals surface area contributed by atoms with Crippen LogP contribution < -0.4 is 10.6 Å². The Kier molecular flexibility index (Phi) is 5.06. The van der Waals surface area contributed by atoms with Gasteiger partial charge in [0.15, 0.2) is 11.6 Å². The minimum absolute atomic E-state index is 0.0724. The molecule has 0 atom stereocenters. The molecule has 114 valence electrons. The lowest BCUT2D eigenvalue weighted by Crippen LogP contribution is -2.21. The van der Waals surface area contributed by atoms with Crippen LogP contribution in [0.25, 0.3) is 0 Å². The van der Waals surface area contributed by atoms with E-state index in [-0.39, 0.29) is 5.69 Å². The van der Waals surface area contributed by atoms with E-state index in [1.54, 1.807) is 24.3 Å². The molecule has 0 radical (unpaired) electrons. The Balaban J connectivity index is 1.89. The molecule has 0 fully saturated rings. The number of carbonyl (C=O) groups excluding carboxylic acids is 2. The first-order valence-electron chi connectivity index (χ1n) is 6.24. The fraction of sp³-hybridized carbons (Fsp3) is 0.0667. The summed E-state index contributed by atoms with van der Waals surface area (Å²) in [6, 6.07) is 9.30. The monoisotopic (exact) mass is 324 g/mol. The summed E-state index contributed by atoms with van der Waals surface area (Å²) in [5.41, 5.74) is 0.568. The Bertz CT molecular complexity index is 705. The van der Waals surface area contributed by atoms with Gasteiger partial charge in [-0.1, -0.05) is 11.6 Å². The van der Waals surface area contributed by atoms with Gasteiger partial charge in [-0.3, -0.25) is 9.59 Å². The molecule has 0 aromatic heterocycles. The van der Waals surface area contributed by atoms with Crippen LogP contribution in [0.3, 0.4) is 0 Å². The van der Waals surface area contributed by atoms with E-state index < -0.39 is 29.9 Å². The molecule has 22 heavy (non-hydrogen) atoms. The SMILES string of the molecule is O=C(CC(=O)Nc1ccc(F)c(F)c1)Nc1ccc(Cl)cc1. The predicted molar refractivity (Wildman–Crippen MR) is 79.7 cm³/mol. The highest BCUT2D eigenvalue weighted by Gasteiger charge is 2.11. The second kappa shape index (κ2) is 7.00. The van der Waals surface area contributed by atoms with Crippen molar-refractivity contribution in [3.05, 3.63) is 59.1 Å². The van der Waals surface area contributed by atoms with Crippen molar-refractivity contribution in [3.63, 3.8) is 0 Å². The number of benzene rings is 2. The number of nitrogens with one attached hydrogen (secondary N) is 2. The zero-order chi connectivity index (χ0) is 16.1. The highest BCUT2D eigenvalue weighted by molar-refractivity contribution is 6.30. The van der Waals surface area contributed by atoms with Gasteiger partial charge in [-0.25, -0.2) is 8.78 Å². The lowest BCUT2D eigenvalue weighted by atomic mass is 10.2. The molecular formula is C15H11ClF2N2O2. The van der Waals surface area contributed by atoms with Gasteiger partial charge in [0.1, 0.15) is 6.42 Å². The van der Waals surface area contributed by atoms with Crippen molar-refractivity contribution in [3.8, 4) is 0 Å². The lowest BCUT2D eigenvalue weighted by molar-refractivity contribution is -0.123. The molecule has 0 heterocycles. The van der Waals surface area contributed by atoms with E-state index in [0.717, 1.165) is 12.1 Å². The Morgan fingerprint density at radius 3 is 2.00 bits per heavy atom. The standard InChI is InChI=1S/C15H11ClF2N2O2/c16-9-1-3-10(4-2-9)19-14(21)8-15(22)20-11-5-6-12(17)13(18)7-11/h1-7H,8H2,(H,19,21)(H,20,22). The van der Waals surface area contributed by atoms with Crippen molar-refractivity contribution in [2.75, 3.05) is 10.6 Å². The third-order valence-electron chi connectivity index (χ3n) is 2.65. The van der Waals surface area contributed by atoms with E-state index in [1.165, 1.54) is 6.07 Å². The van der Waals surface area contributed by atoms with Crippen LogP contribution in [-0.4, -0.2) is 11.8 Å². The topological polar surface area (TPSA) is 58.2 Å². The fourth-order valence-electron chi connectivity index (χ4n) is 1.66. The number of carbonyl (C=O) groups is 2. The Morgan fingerprint density at radius 2 is 1.41 bits per heavy atom. The minimum atomic E-state index is -1.08. The molecule has 2 amide bonds. The summed E-state index contributed by atoms with van der Waals surface area (Å²) in [4.78, 5) is 23.3. The molecule has 0 aliphatic carbocycles. The van der Waals surface area contributed by atoms with E-state index in [1.807, 2.05) is 0 Å². The normalized spacial score (nSPS) is 10.1. The van der Waals surface area contributed by atoms with Crippen molar-refractivity contribution in [2.24, 2.45) is 0 Å². The number of anilines is 2. The van der Waals surface area contributed by atoms with E-state index in [2.05, 4.69) is 10.6 Å². The van der Waals surface area contributed by atoms with Crippen LogP contribution in [0.5, 0.6) is 0 Å². The van der Waals surface area contributed by atoms with Crippen LogP contribution >= 0.6 is 11.6 Å². The molecule has 0 spiro atoms. The minimum Gasteiger partial charge on any atom is -0.326 e. The van der Waals surface area contributed by atoms with Crippen LogP contribution in [0.2, 0.25) is 5.02 Å². The highest BCUT2D eigenvalue weighted by Crippen LogP contribution is 2.15. The third kappa shape index (κ3) is 4.53. The van der Waals surface area contributed by atoms with Crippen molar-refractivity contribution >= 4 is 34.8 Å². The van der Waals surface area contributed by atoms with Crippen molar-refractivity contribution in [1.29, 1.82) is 0 Å². The molecule has 2 rings (SSSR count). The summed E-state index contributed by atoms with van der Waals surface area (Å²) in [6.07, 6.45) is -0.457. The molecule has 7 heteroatoms. The van der Waals surface area contributed by atoms with Gasteiger partial charge >= 0.3 is 0 Å². The molecule has 0 aliphatic rings. The maximum atomic E-state index is 13.0. The van der Waals surface area contributed by atoms with Gasteiger partial charge in [0.05, 0.1) is 0 Å². The first kappa shape index (κ1) is 15.9. The number of hydrogen-bond donors (Lipinski definition) is 2.